The fourth-order valence-electron chi connectivity index (χ4n) is 2.83. The highest BCUT2D eigenvalue weighted by molar-refractivity contribution is 5.83. The third-order valence-electron chi connectivity index (χ3n) is 4.31. The summed E-state index contributed by atoms with van der Waals surface area (Å²) >= 11 is 0. The van der Waals surface area contributed by atoms with Gasteiger partial charge in [0.15, 0.2) is 11.5 Å². The molecule has 0 atom stereocenters. The van der Waals surface area contributed by atoms with Crippen LogP contribution in [0.1, 0.15) is 11.1 Å². The highest BCUT2D eigenvalue weighted by Gasteiger charge is 2.18. The summed E-state index contributed by atoms with van der Waals surface area (Å²) in [5.41, 5.74) is 0.648. The largest absolute Gasteiger partial charge is 0.507 e. The molecular weight excluding hydrogens is 334 g/mol. The van der Waals surface area contributed by atoms with Crippen LogP contribution in [0.4, 0.5) is 0 Å². The van der Waals surface area contributed by atoms with Crippen molar-refractivity contribution in [1.82, 2.24) is 4.57 Å². The Labute approximate surface area is 148 Å². The molecule has 0 unspecified atom stereocenters. The Bertz CT molecular complexity index is 1180. The first kappa shape index (κ1) is 16.1. The second kappa shape index (κ2) is 5.84. The molecule has 0 aliphatic carbocycles. The normalized spacial score (nSPS) is 11.2. The van der Waals surface area contributed by atoms with Crippen LogP contribution >= 0.6 is 0 Å². The Morgan fingerprint density at radius 1 is 1.04 bits per heavy atom. The molecule has 0 spiro atoms. The number of furan rings is 1. The SMILES string of the molecule is Cc1c(-c2cc3ccc(Oc4ccn(C)c4)cc3o2)oc(=O)c(C)c1O. The van der Waals surface area contributed by atoms with E-state index >= 15 is 0 Å². The fourth-order valence-corrected chi connectivity index (χ4v) is 2.83. The molecule has 3 aromatic heterocycles. The zero-order valence-corrected chi connectivity index (χ0v) is 14.6. The summed E-state index contributed by atoms with van der Waals surface area (Å²) in [6.07, 6.45) is 3.76. The molecule has 0 aliphatic rings. The first-order valence-corrected chi connectivity index (χ1v) is 8.09. The van der Waals surface area contributed by atoms with Gasteiger partial charge in [-0.25, -0.2) is 4.79 Å². The van der Waals surface area contributed by atoms with Crippen molar-refractivity contribution in [1.29, 1.82) is 0 Å². The molecule has 3 heterocycles. The quantitative estimate of drug-likeness (QED) is 0.588. The van der Waals surface area contributed by atoms with E-state index in [1.807, 2.05) is 42.2 Å². The first-order valence-electron chi connectivity index (χ1n) is 8.09. The average molecular weight is 351 g/mol. The minimum Gasteiger partial charge on any atom is -0.507 e. The van der Waals surface area contributed by atoms with Gasteiger partial charge in [0, 0.05) is 36.5 Å². The van der Waals surface area contributed by atoms with Crippen molar-refractivity contribution in [2.24, 2.45) is 7.05 Å². The van der Waals surface area contributed by atoms with E-state index in [9.17, 15) is 9.90 Å². The van der Waals surface area contributed by atoms with Crippen molar-refractivity contribution in [3.05, 3.63) is 64.3 Å². The van der Waals surface area contributed by atoms with E-state index in [1.54, 1.807) is 19.1 Å². The topological polar surface area (TPSA) is 77.7 Å². The number of ether oxygens (including phenoxy) is 1. The van der Waals surface area contributed by atoms with Crippen molar-refractivity contribution >= 4 is 11.0 Å². The fraction of sp³-hybridized carbons (Fsp3) is 0.150. The summed E-state index contributed by atoms with van der Waals surface area (Å²) in [6.45, 7) is 3.20. The highest BCUT2D eigenvalue weighted by atomic mass is 16.5. The molecule has 4 rings (SSSR count). The second-order valence-electron chi connectivity index (χ2n) is 6.24. The van der Waals surface area contributed by atoms with Crippen LogP contribution in [0.3, 0.4) is 0 Å². The molecule has 26 heavy (non-hydrogen) atoms. The molecule has 6 heteroatoms. The maximum Gasteiger partial charge on any atom is 0.343 e. The minimum absolute atomic E-state index is 0.0789. The van der Waals surface area contributed by atoms with Gasteiger partial charge in [0.25, 0.3) is 0 Å². The van der Waals surface area contributed by atoms with Gasteiger partial charge in [-0.3, -0.25) is 0 Å². The Balaban J connectivity index is 1.76. The lowest BCUT2D eigenvalue weighted by Crippen LogP contribution is -2.05. The predicted molar refractivity (Wildman–Crippen MR) is 96.8 cm³/mol. The van der Waals surface area contributed by atoms with E-state index in [0.29, 0.717) is 22.7 Å². The number of benzene rings is 1. The van der Waals surface area contributed by atoms with Crippen molar-refractivity contribution in [2.75, 3.05) is 0 Å². The molecule has 0 saturated carbocycles. The van der Waals surface area contributed by atoms with Crippen molar-refractivity contribution in [3.8, 4) is 28.8 Å². The number of aromatic hydroxyl groups is 1. The second-order valence-corrected chi connectivity index (χ2v) is 6.24. The zero-order chi connectivity index (χ0) is 18.4. The van der Waals surface area contributed by atoms with E-state index in [1.165, 1.54) is 6.92 Å². The van der Waals surface area contributed by atoms with Crippen LogP contribution < -0.4 is 10.4 Å². The average Bonchev–Trinajstić information content (AvgIpc) is 3.21. The lowest BCUT2D eigenvalue weighted by atomic mass is 10.1. The maximum atomic E-state index is 11.9. The summed E-state index contributed by atoms with van der Waals surface area (Å²) < 4.78 is 18.9. The molecule has 6 nitrogen and oxygen atoms in total. The third-order valence-corrected chi connectivity index (χ3v) is 4.31. The summed E-state index contributed by atoms with van der Waals surface area (Å²) in [6, 6.07) is 9.10. The van der Waals surface area contributed by atoms with Crippen molar-refractivity contribution in [3.63, 3.8) is 0 Å². The van der Waals surface area contributed by atoms with Crippen LogP contribution in [0.15, 0.2) is 56.4 Å². The number of rotatable bonds is 3. The summed E-state index contributed by atoms with van der Waals surface area (Å²) in [7, 11) is 1.92. The maximum absolute atomic E-state index is 11.9. The minimum atomic E-state index is -0.586. The van der Waals surface area contributed by atoms with E-state index in [-0.39, 0.29) is 17.1 Å². The zero-order valence-electron chi connectivity index (χ0n) is 14.6. The van der Waals surface area contributed by atoms with E-state index in [4.69, 9.17) is 13.6 Å². The molecule has 0 radical (unpaired) electrons. The molecule has 0 amide bonds. The smallest absolute Gasteiger partial charge is 0.343 e. The van der Waals surface area contributed by atoms with Crippen LogP contribution in [0, 0.1) is 13.8 Å². The van der Waals surface area contributed by atoms with Gasteiger partial charge in [-0.2, -0.15) is 0 Å². The van der Waals surface area contributed by atoms with Crippen LogP contribution in [0.5, 0.6) is 17.2 Å². The standard InChI is InChI=1S/C20H17NO5/c1-11-18(22)12(2)20(23)26-19(11)17-8-13-4-5-14(9-16(13)25-17)24-15-6-7-21(3)10-15/h4-10,22H,1-3H3. The molecular formula is C20H17NO5. The van der Waals surface area contributed by atoms with Gasteiger partial charge in [0.2, 0.25) is 0 Å². The number of hydrogen-bond acceptors (Lipinski definition) is 5. The third kappa shape index (κ3) is 2.65. The Hall–Kier alpha value is -3.41. The Kier molecular flexibility index (Phi) is 3.61. The summed E-state index contributed by atoms with van der Waals surface area (Å²) in [4.78, 5) is 11.9. The first-order chi connectivity index (χ1) is 12.4. The molecule has 0 saturated heterocycles. The van der Waals surface area contributed by atoms with Gasteiger partial charge in [0.05, 0.1) is 5.56 Å². The van der Waals surface area contributed by atoms with Crippen molar-refractivity contribution in [2.45, 2.75) is 13.8 Å². The van der Waals surface area contributed by atoms with Crippen LogP contribution in [-0.4, -0.2) is 9.67 Å². The van der Waals surface area contributed by atoms with Gasteiger partial charge in [-0.15, -0.1) is 0 Å². The number of aryl methyl sites for hydroxylation is 1. The van der Waals surface area contributed by atoms with Gasteiger partial charge in [0.1, 0.15) is 22.8 Å². The molecule has 1 N–H and O–H groups in total. The van der Waals surface area contributed by atoms with Gasteiger partial charge in [-0.1, -0.05) is 0 Å². The molecule has 0 fully saturated rings. The van der Waals surface area contributed by atoms with Crippen molar-refractivity contribution < 1.29 is 18.7 Å². The summed E-state index contributed by atoms with van der Waals surface area (Å²) in [5, 5.41) is 10.9. The van der Waals surface area contributed by atoms with Crippen LogP contribution in [0.25, 0.3) is 22.5 Å². The lowest BCUT2D eigenvalue weighted by molar-refractivity contribution is 0.433. The number of hydrogen-bond donors (Lipinski definition) is 1. The Morgan fingerprint density at radius 2 is 1.85 bits per heavy atom. The predicted octanol–water partition coefficient (Wildman–Crippen LogP) is 4.51. The number of aromatic nitrogens is 1. The monoisotopic (exact) mass is 351 g/mol. The van der Waals surface area contributed by atoms with Crippen LogP contribution in [0.2, 0.25) is 0 Å². The number of fused-ring (bicyclic) bond motifs is 1. The van der Waals surface area contributed by atoms with Crippen LogP contribution in [-0.2, 0) is 7.05 Å². The van der Waals surface area contributed by atoms with E-state index in [2.05, 4.69) is 0 Å². The van der Waals surface area contributed by atoms with Gasteiger partial charge < -0.3 is 23.2 Å². The van der Waals surface area contributed by atoms with E-state index in [0.717, 1.165) is 11.1 Å². The number of nitrogens with zero attached hydrogens (tertiary/aromatic N) is 1. The molecule has 0 bridgehead atoms. The lowest BCUT2D eigenvalue weighted by Gasteiger charge is -2.05. The summed E-state index contributed by atoms with van der Waals surface area (Å²) in [5.74, 6) is 1.88. The molecule has 4 aromatic rings. The molecule has 0 aliphatic heterocycles. The van der Waals surface area contributed by atoms with Gasteiger partial charge >= 0.3 is 5.63 Å². The van der Waals surface area contributed by atoms with Gasteiger partial charge in [-0.05, 0) is 38.1 Å². The van der Waals surface area contributed by atoms with E-state index < -0.39 is 5.63 Å². The Morgan fingerprint density at radius 3 is 2.58 bits per heavy atom. The molecule has 132 valence electrons. The molecule has 1 aromatic carbocycles. The highest BCUT2D eigenvalue weighted by Crippen LogP contribution is 2.35.